The van der Waals surface area contributed by atoms with E-state index in [1.54, 1.807) is 45.3 Å². The van der Waals surface area contributed by atoms with E-state index in [1.165, 1.54) is 0 Å². The van der Waals surface area contributed by atoms with Crippen LogP contribution in [-0.2, 0) is 6.42 Å². The minimum absolute atomic E-state index is 0.0933. The van der Waals surface area contributed by atoms with Crippen molar-refractivity contribution in [3.63, 3.8) is 0 Å². The smallest absolute Gasteiger partial charge is 0.257 e. The number of piperidine rings is 1. The van der Waals surface area contributed by atoms with Crippen molar-refractivity contribution in [2.75, 3.05) is 47.9 Å². The Balaban J connectivity index is 1.47. The van der Waals surface area contributed by atoms with E-state index < -0.39 is 5.91 Å². The SMILES string of the molecule is COc1ccc(OC)c(C(=O)N(C)C)c1CCN1CCC(n2ccc3ccc(C(N)=O)cc32)CC1. The van der Waals surface area contributed by atoms with E-state index >= 15 is 0 Å². The number of primary amides is 1. The zero-order chi connectivity index (χ0) is 25.1. The van der Waals surface area contributed by atoms with Gasteiger partial charge in [-0.05, 0) is 55.0 Å². The molecule has 35 heavy (non-hydrogen) atoms. The number of rotatable bonds is 8. The standard InChI is InChI=1S/C27H34N4O4/c1-29(2)27(33)25-21(23(34-3)7-8-24(25)35-4)12-15-30-13-10-20(11-14-30)31-16-9-18-5-6-19(26(28)32)17-22(18)31/h5-9,16-17,20H,10-15H2,1-4H3,(H2,28,32). The van der Waals surface area contributed by atoms with Crippen LogP contribution in [-0.4, -0.2) is 74.1 Å². The Bertz CT molecular complexity index is 1230. The average molecular weight is 479 g/mol. The molecular weight excluding hydrogens is 444 g/mol. The first kappa shape index (κ1) is 24.6. The normalized spacial score (nSPS) is 14.7. The number of nitrogens with two attached hydrogens (primary N) is 1. The summed E-state index contributed by atoms with van der Waals surface area (Å²) in [7, 11) is 6.70. The lowest BCUT2D eigenvalue weighted by Gasteiger charge is -2.33. The van der Waals surface area contributed by atoms with Crippen LogP contribution < -0.4 is 15.2 Å². The summed E-state index contributed by atoms with van der Waals surface area (Å²) in [6.07, 6.45) is 4.80. The summed E-state index contributed by atoms with van der Waals surface area (Å²) < 4.78 is 13.4. The molecule has 4 rings (SSSR count). The van der Waals surface area contributed by atoms with Crippen LogP contribution in [0.3, 0.4) is 0 Å². The molecule has 1 aliphatic rings. The monoisotopic (exact) mass is 478 g/mol. The largest absolute Gasteiger partial charge is 0.496 e. The summed E-state index contributed by atoms with van der Waals surface area (Å²) in [5.41, 5.74) is 8.52. The van der Waals surface area contributed by atoms with Gasteiger partial charge in [0.05, 0.1) is 19.8 Å². The summed E-state index contributed by atoms with van der Waals surface area (Å²) in [6.45, 7) is 2.72. The van der Waals surface area contributed by atoms with Gasteiger partial charge in [-0.3, -0.25) is 9.59 Å². The molecule has 2 amide bonds. The number of aromatic nitrogens is 1. The van der Waals surface area contributed by atoms with Crippen LogP contribution in [0.25, 0.3) is 10.9 Å². The van der Waals surface area contributed by atoms with Crippen LogP contribution in [0.4, 0.5) is 0 Å². The van der Waals surface area contributed by atoms with Crippen molar-refractivity contribution in [3.8, 4) is 11.5 Å². The summed E-state index contributed by atoms with van der Waals surface area (Å²) in [4.78, 5) is 28.6. The molecule has 0 saturated carbocycles. The van der Waals surface area contributed by atoms with Crippen molar-refractivity contribution in [1.82, 2.24) is 14.4 Å². The number of carbonyl (C=O) groups is 2. The molecule has 0 unspecified atom stereocenters. The summed E-state index contributed by atoms with van der Waals surface area (Å²) >= 11 is 0. The van der Waals surface area contributed by atoms with Crippen molar-refractivity contribution in [2.45, 2.75) is 25.3 Å². The Morgan fingerprint density at radius 1 is 1.03 bits per heavy atom. The molecule has 1 saturated heterocycles. The van der Waals surface area contributed by atoms with Crippen LogP contribution in [0.1, 0.15) is 45.2 Å². The fraction of sp³-hybridized carbons (Fsp3) is 0.407. The highest BCUT2D eigenvalue weighted by Gasteiger charge is 2.25. The molecular formula is C27H34N4O4. The molecule has 0 atom stereocenters. The van der Waals surface area contributed by atoms with Gasteiger partial charge in [-0.15, -0.1) is 0 Å². The average Bonchev–Trinajstić information content (AvgIpc) is 3.29. The van der Waals surface area contributed by atoms with Gasteiger partial charge in [-0.2, -0.15) is 0 Å². The molecule has 0 spiro atoms. The maximum absolute atomic E-state index is 13.0. The van der Waals surface area contributed by atoms with Crippen molar-refractivity contribution < 1.29 is 19.1 Å². The number of likely N-dealkylation sites (tertiary alicyclic amines) is 1. The van der Waals surface area contributed by atoms with Crippen molar-refractivity contribution in [1.29, 1.82) is 0 Å². The van der Waals surface area contributed by atoms with Gasteiger partial charge in [-0.25, -0.2) is 0 Å². The van der Waals surface area contributed by atoms with Gasteiger partial charge in [0.15, 0.2) is 0 Å². The van der Waals surface area contributed by atoms with E-state index in [0.717, 1.165) is 48.9 Å². The third-order valence-corrected chi connectivity index (χ3v) is 6.93. The van der Waals surface area contributed by atoms with Crippen LogP contribution in [0.15, 0.2) is 42.6 Å². The zero-order valence-electron chi connectivity index (χ0n) is 20.9. The van der Waals surface area contributed by atoms with E-state index in [9.17, 15) is 9.59 Å². The minimum Gasteiger partial charge on any atom is -0.496 e. The van der Waals surface area contributed by atoms with Crippen LogP contribution >= 0.6 is 0 Å². The van der Waals surface area contributed by atoms with E-state index in [2.05, 4.69) is 21.7 Å². The van der Waals surface area contributed by atoms with Gasteiger partial charge in [0.1, 0.15) is 11.5 Å². The van der Waals surface area contributed by atoms with Gasteiger partial charge in [0.2, 0.25) is 5.91 Å². The molecule has 3 aromatic rings. The Morgan fingerprint density at radius 3 is 2.34 bits per heavy atom. The number of fused-ring (bicyclic) bond motifs is 1. The van der Waals surface area contributed by atoms with Gasteiger partial charge >= 0.3 is 0 Å². The Kier molecular flexibility index (Phi) is 7.31. The molecule has 1 fully saturated rings. The Morgan fingerprint density at radius 2 is 1.71 bits per heavy atom. The first-order valence-corrected chi connectivity index (χ1v) is 11.9. The van der Waals surface area contributed by atoms with E-state index in [4.69, 9.17) is 15.2 Å². The third-order valence-electron chi connectivity index (χ3n) is 6.93. The minimum atomic E-state index is -0.408. The first-order chi connectivity index (χ1) is 16.8. The number of carbonyl (C=O) groups excluding carboxylic acids is 2. The number of hydrogen-bond donors (Lipinski definition) is 1. The zero-order valence-corrected chi connectivity index (χ0v) is 20.9. The second-order valence-electron chi connectivity index (χ2n) is 9.21. The van der Waals surface area contributed by atoms with Crippen LogP contribution in [0.5, 0.6) is 11.5 Å². The number of ether oxygens (including phenoxy) is 2. The summed E-state index contributed by atoms with van der Waals surface area (Å²) in [5, 5.41) is 1.11. The van der Waals surface area contributed by atoms with Crippen molar-refractivity contribution in [3.05, 3.63) is 59.3 Å². The Labute approximate surface area is 206 Å². The molecule has 8 heteroatoms. The summed E-state index contributed by atoms with van der Waals surface area (Å²) in [6, 6.07) is 11.7. The maximum Gasteiger partial charge on any atom is 0.257 e. The fourth-order valence-electron chi connectivity index (χ4n) is 4.99. The highest BCUT2D eigenvalue weighted by atomic mass is 16.5. The highest BCUT2D eigenvalue weighted by Crippen LogP contribution is 2.33. The number of hydrogen-bond acceptors (Lipinski definition) is 5. The molecule has 1 aliphatic heterocycles. The first-order valence-electron chi connectivity index (χ1n) is 11.9. The van der Waals surface area contributed by atoms with Crippen LogP contribution in [0, 0.1) is 0 Å². The highest BCUT2D eigenvalue weighted by molar-refractivity contribution is 5.99. The summed E-state index contributed by atoms with van der Waals surface area (Å²) in [5.74, 6) is 0.766. The second-order valence-corrected chi connectivity index (χ2v) is 9.21. The molecule has 2 heterocycles. The maximum atomic E-state index is 13.0. The topological polar surface area (TPSA) is 90.0 Å². The van der Waals surface area contributed by atoms with Crippen molar-refractivity contribution >= 4 is 22.7 Å². The van der Waals surface area contributed by atoms with E-state index in [1.807, 2.05) is 18.2 Å². The Hall–Kier alpha value is -3.52. The molecule has 8 nitrogen and oxygen atoms in total. The van der Waals surface area contributed by atoms with Crippen molar-refractivity contribution in [2.24, 2.45) is 5.73 Å². The quantitative estimate of drug-likeness (QED) is 0.536. The lowest BCUT2D eigenvalue weighted by Crippen LogP contribution is -2.36. The van der Waals surface area contributed by atoms with Crippen LogP contribution in [0.2, 0.25) is 0 Å². The number of methoxy groups -OCH3 is 2. The number of amides is 2. The lowest BCUT2D eigenvalue weighted by molar-refractivity contribution is 0.0822. The molecule has 0 aliphatic carbocycles. The number of benzene rings is 2. The molecule has 0 radical (unpaired) electrons. The van der Waals surface area contributed by atoms with E-state index in [0.29, 0.717) is 35.1 Å². The molecule has 186 valence electrons. The molecule has 0 bridgehead atoms. The predicted octanol–water partition coefficient (Wildman–Crippen LogP) is 3.34. The van der Waals surface area contributed by atoms with E-state index in [-0.39, 0.29) is 5.91 Å². The second kappa shape index (κ2) is 10.4. The number of nitrogens with zero attached hydrogens (tertiary/aromatic N) is 3. The lowest BCUT2D eigenvalue weighted by atomic mass is 9.99. The molecule has 1 aromatic heterocycles. The van der Waals surface area contributed by atoms with Gasteiger partial charge < -0.3 is 29.6 Å². The van der Waals surface area contributed by atoms with Gasteiger partial charge in [-0.1, -0.05) is 6.07 Å². The van der Waals surface area contributed by atoms with Gasteiger partial charge in [0.25, 0.3) is 5.91 Å². The fourth-order valence-corrected chi connectivity index (χ4v) is 4.99. The molecule has 2 N–H and O–H groups in total. The predicted molar refractivity (Wildman–Crippen MR) is 136 cm³/mol. The third kappa shape index (κ3) is 4.98. The molecule has 2 aromatic carbocycles. The van der Waals surface area contributed by atoms with Gasteiger partial charge in [0, 0.05) is 62.6 Å².